The van der Waals surface area contributed by atoms with Crippen molar-refractivity contribution in [2.45, 2.75) is 45.3 Å². The van der Waals surface area contributed by atoms with Crippen LogP contribution in [-0.4, -0.2) is 29.6 Å². The maximum Gasteiger partial charge on any atom is 0.260 e. The molecule has 0 aromatic carbocycles. The molecule has 1 heterocycles. The average Bonchev–Trinajstić information content (AvgIpc) is 3.16. The minimum Gasteiger partial charge on any atom is -0.479 e. The molecule has 1 amide bonds. The van der Waals surface area contributed by atoms with E-state index in [0.717, 1.165) is 24.2 Å². The van der Waals surface area contributed by atoms with Gasteiger partial charge >= 0.3 is 0 Å². The summed E-state index contributed by atoms with van der Waals surface area (Å²) in [6.07, 6.45) is 2.28. The number of aromatic nitrogens is 1. The first-order valence-electron chi connectivity index (χ1n) is 6.73. The van der Waals surface area contributed by atoms with Crippen LogP contribution >= 0.6 is 0 Å². The van der Waals surface area contributed by atoms with E-state index < -0.39 is 6.10 Å². The maximum atomic E-state index is 11.9. The number of amides is 1. The zero-order valence-corrected chi connectivity index (χ0v) is 11.5. The lowest BCUT2D eigenvalue weighted by atomic mass is 10.2. The van der Waals surface area contributed by atoms with E-state index >= 15 is 0 Å². The number of ether oxygens (including phenoxy) is 1. The Kier molecular flexibility index (Phi) is 4.37. The van der Waals surface area contributed by atoms with E-state index in [1.54, 1.807) is 6.92 Å². The number of carbonyl (C=O) groups excluding carboxylic acids is 1. The molecule has 3 N–H and O–H groups in total. The Hall–Kier alpha value is -1.62. The van der Waals surface area contributed by atoms with Gasteiger partial charge in [-0.2, -0.15) is 0 Å². The molecule has 1 aliphatic rings. The van der Waals surface area contributed by atoms with Crippen molar-refractivity contribution >= 4 is 5.91 Å². The van der Waals surface area contributed by atoms with Gasteiger partial charge in [-0.3, -0.25) is 9.78 Å². The molecule has 0 aliphatic heterocycles. The molecule has 1 saturated carbocycles. The first-order valence-corrected chi connectivity index (χ1v) is 6.73. The lowest BCUT2D eigenvalue weighted by Gasteiger charge is -2.16. The molecule has 0 spiro atoms. The van der Waals surface area contributed by atoms with Gasteiger partial charge in [-0.05, 0) is 45.4 Å². The third-order valence-corrected chi connectivity index (χ3v) is 3.05. The largest absolute Gasteiger partial charge is 0.479 e. The van der Waals surface area contributed by atoms with Crippen LogP contribution in [0.15, 0.2) is 12.1 Å². The Bertz CT molecular complexity index is 458. The van der Waals surface area contributed by atoms with Gasteiger partial charge in [-0.1, -0.05) is 0 Å². The van der Waals surface area contributed by atoms with Crippen molar-refractivity contribution in [3.63, 3.8) is 0 Å². The highest BCUT2D eigenvalue weighted by Gasteiger charge is 2.26. The number of nitrogens with two attached hydrogens (primary N) is 1. The first kappa shape index (κ1) is 13.8. The molecule has 0 saturated heterocycles. The summed E-state index contributed by atoms with van der Waals surface area (Å²) in [7, 11) is 0. The predicted molar refractivity (Wildman–Crippen MR) is 73.0 cm³/mol. The van der Waals surface area contributed by atoms with Gasteiger partial charge in [0.25, 0.3) is 5.91 Å². The minimum atomic E-state index is -0.512. The van der Waals surface area contributed by atoms with Crippen LogP contribution in [0.2, 0.25) is 0 Å². The fourth-order valence-electron chi connectivity index (χ4n) is 1.81. The highest BCUT2D eigenvalue weighted by molar-refractivity contribution is 5.81. The Morgan fingerprint density at radius 1 is 1.58 bits per heavy atom. The van der Waals surface area contributed by atoms with Gasteiger partial charge in [-0.25, -0.2) is 0 Å². The zero-order valence-electron chi connectivity index (χ0n) is 11.5. The summed E-state index contributed by atoms with van der Waals surface area (Å²) in [5, 5.41) is 2.93. The fourth-order valence-corrected chi connectivity index (χ4v) is 1.81. The number of hydrogen-bond acceptors (Lipinski definition) is 4. The molecule has 1 aromatic rings. The molecule has 2 rings (SSSR count). The Morgan fingerprint density at radius 3 is 2.95 bits per heavy atom. The number of hydrogen-bond donors (Lipinski definition) is 2. The van der Waals surface area contributed by atoms with Gasteiger partial charge < -0.3 is 15.8 Å². The number of rotatable bonds is 6. The lowest BCUT2D eigenvalue weighted by molar-refractivity contribution is -0.127. The molecule has 1 aliphatic carbocycles. The van der Waals surface area contributed by atoms with E-state index in [4.69, 9.17) is 10.5 Å². The summed E-state index contributed by atoms with van der Waals surface area (Å²) >= 11 is 0. The van der Waals surface area contributed by atoms with Crippen LogP contribution in [0.25, 0.3) is 0 Å². The van der Waals surface area contributed by atoms with Crippen LogP contribution in [0.4, 0.5) is 0 Å². The zero-order chi connectivity index (χ0) is 13.8. The monoisotopic (exact) mass is 263 g/mol. The van der Waals surface area contributed by atoms with Crippen LogP contribution in [0.5, 0.6) is 5.75 Å². The van der Waals surface area contributed by atoms with Crippen molar-refractivity contribution < 1.29 is 9.53 Å². The van der Waals surface area contributed by atoms with Gasteiger partial charge in [0.2, 0.25) is 0 Å². The third kappa shape index (κ3) is 3.92. The second-order valence-corrected chi connectivity index (χ2v) is 4.98. The molecule has 104 valence electrons. The summed E-state index contributed by atoms with van der Waals surface area (Å²) in [6.45, 7) is 4.19. The fraction of sp³-hybridized carbons (Fsp3) is 0.571. The Balaban J connectivity index is 2.01. The van der Waals surface area contributed by atoms with E-state index in [1.807, 2.05) is 19.1 Å². The normalized spacial score (nSPS) is 15.9. The van der Waals surface area contributed by atoms with Crippen LogP contribution in [0.1, 0.15) is 31.2 Å². The van der Waals surface area contributed by atoms with Gasteiger partial charge in [0, 0.05) is 18.2 Å². The van der Waals surface area contributed by atoms with E-state index in [1.165, 1.54) is 0 Å². The molecular formula is C14H21N3O2. The summed E-state index contributed by atoms with van der Waals surface area (Å²) in [4.78, 5) is 16.3. The number of pyridine rings is 1. The Labute approximate surface area is 113 Å². The van der Waals surface area contributed by atoms with Crippen molar-refractivity contribution in [3.8, 4) is 5.75 Å². The molecule has 5 nitrogen and oxygen atoms in total. The molecule has 0 radical (unpaired) electrons. The quantitative estimate of drug-likeness (QED) is 0.800. The van der Waals surface area contributed by atoms with Crippen LogP contribution in [-0.2, 0) is 11.2 Å². The molecule has 5 heteroatoms. The van der Waals surface area contributed by atoms with Crippen LogP contribution in [0, 0.1) is 6.92 Å². The van der Waals surface area contributed by atoms with Crippen LogP contribution < -0.4 is 15.8 Å². The van der Waals surface area contributed by atoms with Crippen molar-refractivity contribution in [2.24, 2.45) is 5.73 Å². The smallest absolute Gasteiger partial charge is 0.260 e. The number of nitrogens with one attached hydrogen (secondary N) is 1. The standard InChI is InChI=1S/C14H21N3O2/c1-9-3-6-13(12(16-9)7-8-15)19-10(2)14(18)17-11-4-5-11/h3,6,10-11H,4-5,7-8,15H2,1-2H3,(H,17,18). The molecule has 19 heavy (non-hydrogen) atoms. The molecule has 1 unspecified atom stereocenters. The Morgan fingerprint density at radius 2 is 2.32 bits per heavy atom. The van der Waals surface area contributed by atoms with Crippen molar-refractivity contribution in [3.05, 3.63) is 23.5 Å². The average molecular weight is 263 g/mol. The number of nitrogens with zero attached hydrogens (tertiary/aromatic N) is 1. The van der Waals surface area contributed by atoms with Gasteiger partial charge in [0.05, 0.1) is 5.69 Å². The second kappa shape index (κ2) is 6.02. The van der Waals surface area contributed by atoms with Gasteiger partial charge in [-0.15, -0.1) is 0 Å². The van der Waals surface area contributed by atoms with E-state index in [-0.39, 0.29) is 5.91 Å². The van der Waals surface area contributed by atoms with Crippen molar-refractivity contribution in [1.29, 1.82) is 0 Å². The van der Waals surface area contributed by atoms with Crippen molar-refractivity contribution in [1.82, 2.24) is 10.3 Å². The summed E-state index contributed by atoms with van der Waals surface area (Å²) < 4.78 is 5.71. The predicted octanol–water partition coefficient (Wildman–Crippen LogP) is 0.937. The van der Waals surface area contributed by atoms with E-state index in [0.29, 0.717) is 24.8 Å². The van der Waals surface area contributed by atoms with E-state index in [2.05, 4.69) is 10.3 Å². The first-order chi connectivity index (χ1) is 9.10. The SMILES string of the molecule is Cc1ccc(OC(C)C(=O)NC2CC2)c(CCN)n1. The van der Waals surface area contributed by atoms with Gasteiger partial charge in [0.15, 0.2) is 6.10 Å². The van der Waals surface area contributed by atoms with E-state index in [9.17, 15) is 4.79 Å². The maximum absolute atomic E-state index is 11.9. The lowest BCUT2D eigenvalue weighted by Crippen LogP contribution is -2.37. The molecule has 1 fully saturated rings. The summed E-state index contributed by atoms with van der Waals surface area (Å²) in [5.41, 5.74) is 7.31. The van der Waals surface area contributed by atoms with Gasteiger partial charge in [0.1, 0.15) is 5.75 Å². The second-order valence-electron chi connectivity index (χ2n) is 4.98. The van der Waals surface area contributed by atoms with Crippen molar-refractivity contribution in [2.75, 3.05) is 6.54 Å². The highest BCUT2D eigenvalue weighted by Crippen LogP contribution is 2.21. The third-order valence-electron chi connectivity index (χ3n) is 3.05. The molecule has 0 bridgehead atoms. The molecular weight excluding hydrogens is 242 g/mol. The minimum absolute atomic E-state index is 0.0678. The highest BCUT2D eigenvalue weighted by atomic mass is 16.5. The summed E-state index contributed by atoms with van der Waals surface area (Å²) in [6, 6.07) is 4.08. The molecule has 1 aromatic heterocycles. The summed E-state index contributed by atoms with van der Waals surface area (Å²) in [5.74, 6) is 0.580. The number of aryl methyl sites for hydroxylation is 1. The van der Waals surface area contributed by atoms with Crippen LogP contribution in [0.3, 0.4) is 0 Å². The number of carbonyl (C=O) groups is 1. The molecule has 1 atom stereocenters. The topological polar surface area (TPSA) is 77.2 Å².